The van der Waals surface area contributed by atoms with Crippen molar-refractivity contribution in [3.8, 4) is 0 Å². The fourth-order valence-electron chi connectivity index (χ4n) is 1.40. The van der Waals surface area contributed by atoms with Crippen LogP contribution in [0.4, 0.5) is 0 Å². The third-order valence-corrected chi connectivity index (χ3v) is 4.03. The number of halogens is 1. The predicted octanol–water partition coefficient (Wildman–Crippen LogP) is 3.10. The van der Waals surface area contributed by atoms with Gasteiger partial charge >= 0.3 is 5.97 Å². The van der Waals surface area contributed by atoms with E-state index in [1.165, 1.54) is 6.08 Å². The summed E-state index contributed by atoms with van der Waals surface area (Å²) >= 11 is 4.94. The second-order valence-electron chi connectivity index (χ2n) is 4.39. The van der Waals surface area contributed by atoms with Crippen LogP contribution in [0, 0.1) is 5.41 Å². The van der Waals surface area contributed by atoms with Gasteiger partial charge in [-0.3, -0.25) is 0 Å². The third kappa shape index (κ3) is 3.66. The quantitative estimate of drug-likeness (QED) is 0.632. The van der Waals surface area contributed by atoms with E-state index in [-0.39, 0.29) is 11.4 Å². The van der Waals surface area contributed by atoms with Gasteiger partial charge in [-0.2, -0.15) is 0 Å². The van der Waals surface area contributed by atoms with Crippen LogP contribution in [0.25, 0.3) is 6.08 Å². The lowest BCUT2D eigenvalue weighted by Crippen LogP contribution is -2.43. The minimum atomic E-state index is -0.303. The molecule has 0 unspecified atom stereocenters. The Bertz CT molecular complexity index is 435. The van der Waals surface area contributed by atoms with E-state index in [1.54, 1.807) is 17.4 Å². The molecule has 0 atom stereocenters. The van der Waals surface area contributed by atoms with Crippen molar-refractivity contribution in [2.45, 2.75) is 6.92 Å². The molecule has 2 heterocycles. The minimum Gasteiger partial charge on any atom is -0.462 e. The Morgan fingerprint density at radius 2 is 2.41 bits per heavy atom. The van der Waals surface area contributed by atoms with Crippen LogP contribution >= 0.6 is 27.3 Å². The summed E-state index contributed by atoms with van der Waals surface area (Å²) in [4.78, 5) is 12.5. The van der Waals surface area contributed by atoms with Crippen molar-refractivity contribution < 1.29 is 14.3 Å². The molecule has 0 saturated carbocycles. The molecule has 0 spiro atoms. The highest BCUT2D eigenvalue weighted by Gasteiger charge is 2.34. The van der Waals surface area contributed by atoms with Gasteiger partial charge in [0.2, 0.25) is 0 Å². The van der Waals surface area contributed by atoms with Crippen molar-refractivity contribution in [2.24, 2.45) is 5.41 Å². The van der Waals surface area contributed by atoms with Gasteiger partial charge in [-0.1, -0.05) is 6.92 Å². The number of rotatable bonds is 4. The Kier molecular flexibility index (Phi) is 4.01. The molecule has 1 aliphatic rings. The van der Waals surface area contributed by atoms with Crippen LogP contribution in [0.3, 0.4) is 0 Å². The van der Waals surface area contributed by atoms with Crippen LogP contribution in [0.2, 0.25) is 0 Å². The average molecular weight is 317 g/mol. The molecule has 17 heavy (non-hydrogen) atoms. The summed E-state index contributed by atoms with van der Waals surface area (Å²) in [5, 5.41) is 0. The lowest BCUT2D eigenvalue weighted by Gasteiger charge is -2.36. The first-order valence-electron chi connectivity index (χ1n) is 5.25. The van der Waals surface area contributed by atoms with Gasteiger partial charge in [0.25, 0.3) is 0 Å². The van der Waals surface area contributed by atoms with Crippen LogP contribution in [0.5, 0.6) is 0 Å². The molecule has 5 heteroatoms. The maximum absolute atomic E-state index is 11.5. The van der Waals surface area contributed by atoms with E-state index in [2.05, 4.69) is 15.9 Å². The van der Waals surface area contributed by atoms with Crippen LogP contribution in [-0.4, -0.2) is 25.8 Å². The highest BCUT2D eigenvalue weighted by molar-refractivity contribution is 9.11. The molecule has 0 aliphatic carbocycles. The first-order chi connectivity index (χ1) is 8.07. The van der Waals surface area contributed by atoms with Crippen molar-refractivity contribution in [3.63, 3.8) is 0 Å². The van der Waals surface area contributed by atoms with Gasteiger partial charge in [-0.25, -0.2) is 4.79 Å². The number of carbonyl (C=O) groups is 1. The molecule has 3 nitrogen and oxygen atoms in total. The molecule has 0 N–H and O–H groups in total. The van der Waals surface area contributed by atoms with Crippen LogP contribution < -0.4 is 0 Å². The van der Waals surface area contributed by atoms with Gasteiger partial charge in [0.15, 0.2) is 0 Å². The second-order valence-corrected chi connectivity index (χ2v) is 6.88. The van der Waals surface area contributed by atoms with Gasteiger partial charge in [-0.05, 0) is 34.1 Å². The summed E-state index contributed by atoms with van der Waals surface area (Å²) in [7, 11) is 0. The molecule has 1 aliphatic heterocycles. The largest absolute Gasteiger partial charge is 0.462 e. The smallest absolute Gasteiger partial charge is 0.330 e. The van der Waals surface area contributed by atoms with E-state index >= 15 is 0 Å². The van der Waals surface area contributed by atoms with Crippen LogP contribution in [0.1, 0.15) is 11.8 Å². The Morgan fingerprint density at radius 1 is 1.65 bits per heavy atom. The maximum atomic E-state index is 11.5. The number of ether oxygens (including phenoxy) is 2. The highest BCUT2D eigenvalue weighted by atomic mass is 79.9. The standard InChI is InChI=1S/C12H13BrO3S/c1-12(6-15-7-12)8-16-11(14)5-3-9-2-4-10(13)17-9/h2-5H,6-8H2,1H3. The Hall–Kier alpha value is -0.650. The van der Waals surface area contributed by atoms with E-state index in [9.17, 15) is 4.79 Å². The van der Waals surface area contributed by atoms with Crippen molar-refractivity contribution >= 4 is 39.3 Å². The molecule has 92 valence electrons. The Balaban J connectivity index is 1.79. The first kappa shape index (κ1) is 12.8. The van der Waals surface area contributed by atoms with E-state index in [4.69, 9.17) is 9.47 Å². The molecule has 0 amide bonds. The fraction of sp³-hybridized carbons (Fsp3) is 0.417. The third-order valence-electron chi connectivity index (χ3n) is 2.44. The zero-order valence-corrected chi connectivity index (χ0v) is 11.8. The van der Waals surface area contributed by atoms with Gasteiger partial charge in [0.1, 0.15) is 6.61 Å². The van der Waals surface area contributed by atoms with Gasteiger partial charge in [0, 0.05) is 16.4 Å². The molecule has 1 fully saturated rings. The lowest BCUT2D eigenvalue weighted by molar-refractivity contribution is -0.160. The fourth-order valence-corrected chi connectivity index (χ4v) is 2.72. The Labute approximate surface area is 113 Å². The summed E-state index contributed by atoms with van der Waals surface area (Å²) in [5.74, 6) is -0.303. The maximum Gasteiger partial charge on any atom is 0.330 e. The monoisotopic (exact) mass is 316 g/mol. The highest BCUT2D eigenvalue weighted by Crippen LogP contribution is 2.26. The van der Waals surface area contributed by atoms with Crippen LogP contribution in [-0.2, 0) is 14.3 Å². The number of carbonyl (C=O) groups excluding carboxylic acids is 1. The number of hydrogen-bond donors (Lipinski definition) is 0. The molecule has 1 aromatic heterocycles. The molecule has 1 saturated heterocycles. The first-order valence-corrected chi connectivity index (χ1v) is 6.86. The number of thiophene rings is 1. The second kappa shape index (κ2) is 5.33. The normalized spacial score (nSPS) is 18.0. The molecule has 1 aromatic rings. The van der Waals surface area contributed by atoms with E-state index in [0.717, 1.165) is 8.66 Å². The predicted molar refractivity (Wildman–Crippen MR) is 70.9 cm³/mol. The zero-order chi connectivity index (χ0) is 12.3. The molecule has 0 radical (unpaired) electrons. The molecular formula is C12H13BrO3S. The van der Waals surface area contributed by atoms with Crippen molar-refractivity contribution in [1.29, 1.82) is 0 Å². The number of hydrogen-bond acceptors (Lipinski definition) is 4. The summed E-state index contributed by atoms with van der Waals surface area (Å²) < 4.78 is 11.3. The van der Waals surface area contributed by atoms with E-state index in [1.807, 2.05) is 19.1 Å². The molecule has 0 aromatic carbocycles. The molecule has 2 rings (SSSR count). The summed E-state index contributed by atoms with van der Waals surface area (Å²) in [6.07, 6.45) is 3.22. The van der Waals surface area contributed by atoms with Crippen molar-refractivity contribution in [1.82, 2.24) is 0 Å². The topological polar surface area (TPSA) is 35.5 Å². The summed E-state index contributed by atoms with van der Waals surface area (Å²) in [6.45, 7) is 3.80. The van der Waals surface area contributed by atoms with Gasteiger partial charge in [0.05, 0.1) is 17.0 Å². The molecule has 0 bridgehead atoms. The molecular weight excluding hydrogens is 304 g/mol. The summed E-state index contributed by atoms with van der Waals surface area (Å²) in [6, 6.07) is 3.89. The zero-order valence-electron chi connectivity index (χ0n) is 9.44. The van der Waals surface area contributed by atoms with Crippen molar-refractivity contribution in [3.05, 3.63) is 26.9 Å². The van der Waals surface area contributed by atoms with Crippen LogP contribution in [0.15, 0.2) is 22.0 Å². The van der Waals surface area contributed by atoms with E-state index in [0.29, 0.717) is 19.8 Å². The SMILES string of the molecule is CC1(COC(=O)C=Cc2ccc(Br)s2)COC1. The minimum absolute atomic E-state index is 0.00938. The lowest BCUT2D eigenvalue weighted by atomic mass is 9.90. The van der Waals surface area contributed by atoms with Crippen molar-refractivity contribution in [2.75, 3.05) is 19.8 Å². The Morgan fingerprint density at radius 3 is 2.94 bits per heavy atom. The van der Waals surface area contributed by atoms with Gasteiger partial charge in [-0.15, -0.1) is 11.3 Å². The number of esters is 1. The summed E-state index contributed by atoms with van der Waals surface area (Å²) in [5.41, 5.74) is 0.00938. The van der Waals surface area contributed by atoms with E-state index < -0.39 is 0 Å². The van der Waals surface area contributed by atoms with Gasteiger partial charge < -0.3 is 9.47 Å². The average Bonchev–Trinajstić information content (AvgIpc) is 2.67.